The van der Waals surface area contributed by atoms with Crippen molar-refractivity contribution in [3.63, 3.8) is 0 Å². The van der Waals surface area contributed by atoms with Crippen LogP contribution < -0.4 is 5.56 Å². The molecule has 2 rings (SSSR count). The van der Waals surface area contributed by atoms with Crippen LogP contribution in [0.15, 0.2) is 4.79 Å². The fraction of sp³-hybridized carbons (Fsp3) is 0.615. The van der Waals surface area contributed by atoms with Crippen molar-refractivity contribution in [3.8, 4) is 0 Å². The fourth-order valence-corrected chi connectivity index (χ4v) is 2.05. The van der Waals surface area contributed by atoms with Gasteiger partial charge in [-0.1, -0.05) is 34.6 Å². The molecule has 0 amide bonds. The van der Waals surface area contributed by atoms with E-state index in [4.69, 9.17) is 0 Å². The summed E-state index contributed by atoms with van der Waals surface area (Å²) in [6.45, 7) is 10.1. The molecule has 0 bridgehead atoms. The molecule has 0 unspecified atom stereocenters. The largest absolute Gasteiger partial charge is 0.277 e. The van der Waals surface area contributed by atoms with E-state index < -0.39 is 0 Å². The van der Waals surface area contributed by atoms with Crippen LogP contribution in [0.25, 0.3) is 5.78 Å². The highest BCUT2D eigenvalue weighted by Gasteiger charge is 2.17. The second-order valence-electron chi connectivity index (χ2n) is 5.19. The normalized spacial score (nSPS) is 11.9. The second-order valence-corrected chi connectivity index (χ2v) is 5.19. The third kappa shape index (κ3) is 1.94. The zero-order chi connectivity index (χ0) is 13.4. The molecule has 0 fully saturated rings. The van der Waals surface area contributed by atoms with Crippen LogP contribution in [-0.2, 0) is 6.42 Å². The maximum absolute atomic E-state index is 12.4. The van der Waals surface area contributed by atoms with Crippen LogP contribution in [0.4, 0.5) is 0 Å². The first-order valence-corrected chi connectivity index (χ1v) is 6.47. The molecular weight excluding hydrogens is 228 g/mol. The Morgan fingerprint density at radius 1 is 1.17 bits per heavy atom. The number of fused-ring (bicyclic) bond motifs is 1. The van der Waals surface area contributed by atoms with Crippen molar-refractivity contribution < 1.29 is 0 Å². The molecule has 1 N–H and O–H groups in total. The van der Waals surface area contributed by atoms with Gasteiger partial charge in [0.05, 0.1) is 5.69 Å². The summed E-state index contributed by atoms with van der Waals surface area (Å²) in [4.78, 5) is 21.3. The van der Waals surface area contributed by atoms with Crippen molar-refractivity contribution in [3.05, 3.63) is 27.4 Å². The van der Waals surface area contributed by atoms with Gasteiger partial charge in [-0.25, -0.2) is 4.98 Å². The predicted octanol–water partition coefficient (Wildman–Crippen LogP) is 2.23. The van der Waals surface area contributed by atoms with Crippen LogP contribution in [0.3, 0.4) is 0 Å². The summed E-state index contributed by atoms with van der Waals surface area (Å²) >= 11 is 0. The summed E-state index contributed by atoms with van der Waals surface area (Å²) in [5.41, 5.74) is 1.62. The third-order valence-corrected chi connectivity index (χ3v) is 3.08. The minimum atomic E-state index is -0.0226. The van der Waals surface area contributed by atoms with E-state index in [0.717, 1.165) is 17.1 Å². The minimum Gasteiger partial charge on any atom is -0.275 e. The number of nitrogens with one attached hydrogen (secondary N) is 1. The smallest absolute Gasteiger partial charge is 0.275 e. The van der Waals surface area contributed by atoms with Crippen molar-refractivity contribution in [2.75, 3.05) is 0 Å². The SMILES string of the molecule is CCc1c(C(C)C)nc2nc(C(C)C)[nH]n2c1=O. The molecule has 0 aromatic carbocycles. The van der Waals surface area contributed by atoms with Crippen LogP contribution in [0.5, 0.6) is 0 Å². The van der Waals surface area contributed by atoms with E-state index in [1.54, 1.807) is 0 Å². The lowest BCUT2D eigenvalue weighted by Gasteiger charge is -2.08. The highest BCUT2D eigenvalue weighted by molar-refractivity contribution is 5.34. The van der Waals surface area contributed by atoms with Gasteiger partial charge in [-0.05, 0) is 12.3 Å². The van der Waals surface area contributed by atoms with Gasteiger partial charge in [0, 0.05) is 11.5 Å². The number of nitrogens with zero attached hydrogens (tertiary/aromatic N) is 3. The summed E-state index contributed by atoms with van der Waals surface area (Å²) < 4.78 is 1.46. The molecule has 0 radical (unpaired) electrons. The lowest BCUT2D eigenvalue weighted by molar-refractivity contribution is 0.740. The summed E-state index contributed by atoms with van der Waals surface area (Å²) in [5.74, 6) is 1.75. The molecule has 0 atom stereocenters. The molecular formula is C13H20N4O. The van der Waals surface area contributed by atoms with E-state index in [1.807, 2.05) is 34.6 Å². The Morgan fingerprint density at radius 2 is 1.83 bits per heavy atom. The number of aromatic nitrogens is 4. The topological polar surface area (TPSA) is 63.1 Å². The highest BCUT2D eigenvalue weighted by Crippen LogP contribution is 2.16. The molecule has 0 saturated heterocycles. The number of H-pyrrole nitrogens is 1. The first-order chi connectivity index (χ1) is 8.45. The van der Waals surface area contributed by atoms with Crippen molar-refractivity contribution in [1.82, 2.24) is 19.6 Å². The Bertz CT molecular complexity index is 622. The Morgan fingerprint density at radius 3 is 2.33 bits per heavy atom. The molecule has 0 aliphatic carbocycles. The van der Waals surface area contributed by atoms with E-state index in [9.17, 15) is 4.79 Å². The molecule has 98 valence electrons. The first-order valence-electron chi connectivity index (χ1n) is 6.47. The fourth-order valence-electron chi connectivity index (χ4n) is 2.05. The van der Waals surface area contributed by atoms with Gasteiger partial charge in [0.15, 0.2) is 0 Å². The van der Waals surface area contributed by atoms with Gasteiger partial charge < -0.3 is 0 Å². The van der Waals surface area contributed by atoms with Gasteiger partial charge >= 0.3 is 0 Å². The number of rotatable bonds is 3. The average molecular weight is 248 g/mol. The second kappa shape index (κ2) is 4.55. The maximum Gasteiger partial charge on any atom is 0.277 e. The van der Waals surface area contributed by atoms with Gasteiger partial charge in [0.25, 0.3) is 11.3 Å². The Hall–Kier alpha value is -1.65. The number of hydrogen-bond donors (Lipinski definition) is 1. The lowest BCUT2D eigenvalue weighted by Crippen LogP contribution is -2.23. The molecule has 0 aliphatic heterocycles. The molecule has 0 aliphatic rings. The van der Waals surface area contributed by atoms with Crippen LogP contribution in [0.1, 0.15) is 63.5 Å². The van der Waals surface area contributed by atoms with Gasteiger partial charge in [-0.15, -0.1) is 0 Å². The van der Waals surface area contributed by atoms with Crippen molar-refractivity contribution in [2.45, 2.75) is 52.9 Å². The van der Waals surface area contributed by atoms with Crippen LogP contribution in [-0.4, -0.2) is 19.6 Å². The van der Waals surface area contributed by atoms with E-state index in [0.29, 0.717) is 12.2 Å². The lowest BCUT2D eigenvalue weighted by atomic mass is 10.0. The Kier molecular flexibility index (Phi) is 3.24. The average Bonchev–Trinajstić information content (AvgIpc) is 2.73. The zero-order valence-electron chi connectivity index (χ0n) is 11.6. The third-order valence-electron chi connectivity index (χ3n) is 3.08. The molecule has 5 heteroatoms. The molecule has 0 saturated carbocycles. The first kappa shape index (κ1) is 12.8. The van der Waals surface area contributed by atoms with Gasteiger partial charge in [0.1, 0.15) is 5.82 Å². The summed E-state index contributed by atoms with van der Waals surface area (Å²) in [6.07, 6.45) is 0.693. The molecule has 2 aromatic heterocycles. The molecule has 18 heavy (non-hydrogen) atoms. The number of aromatic amines is 1. The summed E-state index contributed by atoms with van der Waals surface area (Å²) in [5, 5.41) is 3.03. The highest BCUT2D eigenvalue weighted by atomic mass is 16.1. The molecule has 2 aromatic rings. The van der Waals surface area contributed by atoms with Crippen molar-refractivity contribution in [2.24, 2.45) is 0 Å². The Balaban J connectivity index is 2.78. The summed E-state index contributed by atoms with van der Waals surface area (Å²) in [6, 6.07) is 0. The van der Waals surface area contributed by atoms with E-state index in [2.05, 4.69) is 15.1 Å². The van der Waals surface area contributed by atoms with Gasteiger partial charge in [-0.3, -0.25) is 9.89 Å². The number of hydrogen-bond acceptors (Lipinski definition) is 3. The Labute approximate surface area is 106 Å². The van der Waals surface area contributed by atoms with Crippen LogP contribution in [0, 0.1) is 0 Å². The van der Waals surface area contributed by atoms with Crippen molar-refractivity contribution >= 4 is 5.78 Å². The standard InChI is InChI=1S/C13H20N4O/c1-6-9-10(7(2)3)14-13-15-11(8(4)5)16-17(13)12(9)18/h7-8H,6H2,1-5H3,(H,14,15,16). The monoisotopic (exact) mass is 248 g/mol. The molecule has 2 heterocycles. The zero-order valence-corrected chi connectivity index (χ0v) is 11.6. The van der Waals surface area contributed by atoms with Gasteiger partial charge in [0.2, 0.25) is 0 Å². The van der Waals surface area contributed by atoms with Gasteiger partial charge in [-0.2, -0.15) is 9.50 Å². The summed E-state index contributed by atoms with van der Waals surface area (Å²) in [7, 11) is 0. The molecule has 0 spiro atoms. The van der Waals surface area contributed by atoms with Crippen LogP contribution >= 0.6 is 0 Å². The van der Waals surface area contributed by atoms with E-state index in [-0.39, 0.29) is 17.4 Å². The predicted molar refractivity (Wildman–Crippen MR) is 71.2 cm³/mol. The quantitative estimate of drug-likeness (QED) is 0.906. The minimum absolute atomic E-state index is 0.0226. The van der Waals surface area contributed by atoms with Crippen molar-refractivity contribution in [1.29, 1.82) is 0 Å². The maximum atomic E-state index is 12.4. The molecule has 5 nitrogen and oxygen atoms in total. The van der Waals surface area contributed by atoms with E-state index >= 15 is 0 Å². The van der Waals surface area contributed by atoms with E-state index in [1.165, 1.54) is 4.52 Å². The van der Waals surface area contributed by atoms with Crippen LogP contribution in [0.2, 0.25) is 0 Å².